The van der Waals surface area contributed by atoms with E-state index in [1.54, 1.807) is 6.92 Å². The number of anilines is 1. The van der Waals surface area contributed by atoms with Crippen molar-refractivity contribution in [2.45, 2.75) is 118 Å². The molecule has 2 rings (SSSR count). The number of aryl methyl sites for hydroxylation is 1. The summed E-state index contributed by atoms with van der Waals surface area (Å²) in [5.74, 6) is 9.49. The molecule has 0 saturated carbocycles. The first-order chi connectivity index (χ1) is 16.9. The predicted molar refractivity (Wildman–Crippen MR) is 149 cm³/mol. The molecule has 0 unspecified atom stereocenters. The van der Waals surface area contributed by atoms with E-state index in [0.29, 0.717) is 29.3 Å². The van der Waals surface area contributed by atoms with Gasteiger partial charge in [0.1, 0.15) is 11.4 Å². The molecule has 5 heteroatoms. The lowest BCUT2D eigenvalue weighted by molar-refractivity contribution is -0.131. The topological polar surface area (TPSA) is 62.7 Å². The first-order valence-electron chi connectivity index (χ1n) is 14.1. The van der Waals surface area contributed by atoms with Crippen molar-refractivity contribution in [3.05, 3.63) is 16.8 Å². The maximum atomic E-state index is 11.7. The number of hydrogen-bond acceptors (Lipinski definition) is 5. The van der Waals surface area contributed by atoms with Crippen molar-refractivity contribution in [2.75, 3.05) is 18.5 Å². The quantitative estimate of drug-likeness (QED) is 0.238. The van der Waals surface area contributed by atoms with Gasteiger partial charge in [-0.2, -0.15) is 0 Å². The summed E-state index contributed by atoms with van der Waals surface area (Å²) in [7, 11) is 2.01. The third-order valence-corrected chi connectivity index (χ3v) is 7.40. The van der Waals surface area contributed by atoms with Gasteiger partial charge in [-0.1, -0.05) is 84.5 Å². The third-order valence-electron chi connectivity index (χ3n) is 7.40. The molecule has 36 heavy (non-hydrogen) atoms. The average molecular weight is 499 g/mol. The summed E-state index contributed by atoms with van der Waals surface area (Å²) < 4.78 is 5.50. The molecule has 3 atom stereocenters. The fourth-order valence-corrected chi connectivity index (χ4v) is 5.08. The van der Waals surface area contributed by atoms with Gasteiger partial charge in [0.2, 0.25) is 0 Å². The second-order valence-electron chi connectivity index (χ2n) is 11.9. The first-order valence-corrected chi connectivity index (χ1v) is 14.1. The smallest absolute Gasteiger partial charge is 0.308 e. The molecule has 202 valence electrons. The van der Waals surface area contributed by atoms with Crippen LogP contribution >= 0.6 is 0 Å². The van der Waals surface area contributed by atoms with Gasteiger partial charge in [0.05, 0.1) is 11.3 Å². The molecule has 0 radical (unpaired) electrons. The number of hydrogen-bond donors (Lipinski definition) is 1. The van der Waals surface area contributed by atoms with Crippen LogP contribution in [0.5, 0.6) is 5.75 Å². The lowest BCUT2D eigenvalue weighted by Crippen LogP contribution is -2.21. The Balaban J connectivity index is 1.90. The van der Waals surface area contributed by atoms with Crippen LogP contribution in [0.2, 0.25) is 0 Å². The minimum Gasteiger partial charge on any atom is -0.423 e. The van der Waals surface area contributed by atoms with E-state index in [1.165, 1.54) is 45.4 Å². The first kappa shape index (κ1) is 30.2. The SMILES string of the molecule is CC(=O)Oc1c(C)nc2c(c1C#C[C@](C)(O)CCC[C@H](C)CCC[C@H](C)CCCC(C)C)CCN2C. The third kappa shape index (κ3) is 9.77. The highest BCUT2D eigenvalue weighted by Crippen LogP contribution is 2.35. The monoisotopic (exact) mass is 498 g/mol. The van der Waals surface area contributed by atoms with E-state index >= 15 is 0 Å². The molecule has 5 nitrogen and oxygen atoms in total. The lowest BCUT2D eigenvalue weighted by Gasteiger charge is -2.19. The fourth-order valence-electron chi connectivity index (χ4n) is 5.08. The lowest BCUT2D eigenvalue weighted by atomic mass is 9.90. The van der Waals surface area contributed by atoms with Gasteiger partial charge in [0.25, 0.3) is 0 Å². The van der Waals surface area contributed by atoms with Crippen LogP contribution in [0, 0.1) is 36.5 Å². The summed E-state index contributed by atoms with van der Waals surface area (Å²) in [4.78, 5) is 18.4. The largest absolute Gasteiger partial charge is 0.423 e. The van der Waals surface area contributed by atoms with Crippen LogP contribution in [0.1, 0.15) is 116 Å². The number of rotatable bonds is 13. The van der Waals surface area contributed by atoms with Crippen LogP contribution in [-0.2, 0) is 11.2 Å². The number of aromatic nitrogens is 1. The van der Waals surface area contributed by atoms with E-state index in [1.807, 2.05) is 14.0 Å². The molecule has 0 fully saturated rings. The van der Waals surface area contributed by atoms with Crippen LogP contribution in [-0.4, -0.2) is 35.3 Å². The minimum atomic E-state index is -1.09. The molecule has 1 aliphatic heterocycles. The maximum Gasteiger partial charge on any atom is 0.308 e. The Morgan fingerprint density at radius 3 is 2.25 bits per heavy atom. The molecule has 2 heterocycles. The van der Waals surface area contributed by atoms with Crippen LogP contribution < -0.4 is 9.64 Å². The van der Waals surface area contributed by atoms with Gasteiger partial charge in [-0.25, -0.2) is 4.98 Å². The zero-order valence-electron chi connectivity index (χ0n) is 24.2. The Bertz CT molecular complexity index is 926. The Morgan fingerprint density at radius 1 is 1.08 bits per heavy atom. The zero-order valence-corrected chi connectivity index (χ0v) is 24.2. The highest BCUT2D eigenvalue weighted by Gasteiger charge is 2.26. The highest BCUT2D eigenvalue weighted by molar-refractivity contribution is 5.73. The zero-order chi connectivity index (χ0) is 26.9. The Kier molecular flexibility index (Phi) is 11.8. The predicted octanol–water partition coefficient (Wildman–Crippen LogP) is 6.85. The molecular weight excluding hydrogens is 448 g/mol. The molecule has 0 aliphatic carbocycles. The van der Waals surface area contributed by atoms with Gasteiger partial charge < -0.3 is 14.7 Å². The van der Waals surface area contributed by atoms with Gasteiger partial charge in [0.15, 0.2) is 5.75 Å². The standard InChI is InChI=1S/C31H50N2O3/c1-22(2)12-9-13-23(3)14-10-15-24(4)16-11-19-31(7,35)20-17-27-28-18-21-33(8)30(28)32-25(5)29(27)36-26(6)34/h22-24,35H,9-16,18-19,21H2,1-8H3/t23-,24-,31-/m1/s1. The molecule has 1 N–H and O–H groups in total. The van der Waals surface area contributed by atoms with Crippen LogP contribution in [0.3, 0.4) is 0 Å². The van der Waals surface area contributed by atoms with E-state index in [-0.39, 0.29) is 5.97 Å². The number of carbonyl (C=O) groups is 1. The van der Waals surface area contributed by atoms with Gasteiger partial charge in [0, 0.05) is 26.1 Å². The summed E-state index contributed by atoms with van der Waals surface area (Å²) in [5.41, 5.74) is 1.24. The van der Waals surface area contributed by atoms with Crippen LogP contribution in [0.4, 0.5) is 5.82 Å². The summed E-state index contributed by atoms with van der Waals surface area (Å²) in [6, 6.07) is 0. The van der Waals surface area contributed by atoms with Crippen molar-refractivity contribution in [2.24, 2.45) is 17.8 Å². The van der Waals surface area contributed by atoms with Crippen LogP contribution in [0.15, 0.2) is 0 Å². The van der Waals surface area contributed by atoms with Crippen LogP contribution in [0.25, 0.3) is 0 Å². The molecule has 0 bridgehead atoms. The number of nitrogens with zero attached hydrogens (tertiary/aromatic N) is 2. The van der Waals surface area contributed by atoms with E-state index in [9.17, 15) is 9.90 Å². The normalized spacial score (nSPS) is 16.2. The summed E-state index contributed by atoms with van der Waals surface area (Å²) in [6.45, 7) is 15.2. The second-order valence-corrected chi connectivity index (χ2v) is 11.9. The Hall–Kier alpha value is -2.06. The molecule has 0 saturated heterocycles. The average Bonchev–Trinajstić information content (AvgIpc) is 3.13. The summed E-state index contributed by atoms with van der Waals surface area (Å²) >= 11 is 0. The number of ether oxygens (including phenoxy) is 1. The molecule has 1 aromatic heterocycles. The summed E-state index contributed by atoms with van der Waals surface area (Å²) in [5, 5.41) is 11.0. The molecule has 0 spiro atoms. The van der Waals surface area contributed by atoms with Crippen molar-refractivity contribution >= 4 is 11.8 Å². The Labute approximate surface area is 220 Å². The Morgan fingerprint density at radius 2 is 1.67 bits per heavy atom. The number of aliphatic hydroxyl groups is 1. The molecule has 0 aromatic carbocycles. The number of likely N-dealkylation sites (N-methyl/N-ethyl adjacent to an activating group) is 1. The molecule has 1 aromatic rings. The second kappa shape index (κ2) is 14.0. The summed E-state index contributed by atoms with van der Waals surface area (Å²) in [6.07, 6.45) is 11.4. The molecule has 0 amide bonds. The van der Waals surface area contributed by atoms with Gasteiger partial charge in [-0.05, 0) is 50.9 Å². The minimum absolute atomic E-state index is 0.389. The number of fused-ring (bicyclic) bond motifs is 1. The van der Waals surface area contributed by atoms with E-state index < -0.39 is 5.60 Å². The van der Waals surface area contributed by atoms with Crippen molar-refractivity contribution in [3.63, 3.8) is 0 Å². The number of carbonyl (C=O) groups excluding carboxylic acids is 1. The molecule has 1 aliphatic rings. The van der Waals surface area contributed by atoms with Gasteiger partial charge in [-0.15, -0.1) is 0 Å². The highest BCUT2D eigenvalue weighted by atomic mass is 16.5. The maximum absolute atomic E-state index is 11.7. The van der Waals surface area contributed by atoms with Crippen molar-refractivity contribution in [1.29, 1.82) is 0 Å². The van der Waals surface area contributed by atoms with Crippen molar-refractivity contribution in [1.82, 2.24) is 4.98 Å². The van der Waals surface area contributed by atoms with Gasteiger partial charge in [-0.3, -0.25) is 4.79 Å². The fraction of sp³-hybridized carbons (Fsp3) is 0.742. The van der Waals surface area contributed by atoms with Crippen molar-refractivity contribution in [3.8, 4) is 17.6 Å². The molecular formula is C31H50N2O3. The number of esters is 1. The number of pyridine rings is 1. The van der Waals surface area contributed by atoms with Crippen molar-refractivity contribution < 1.29 is 14.6 Å². The van der Waals surface area contributed by atoms with E-state index in [4.69, 9.17) is 4.74 Å². The van der Waals surface area contributed by atoms with E-state index in [2.05, 4.69) is 49.4 Å². The van der Waals surface area contributed by atoms with Gasteiger partial charge >= 0.3 is 5.97 Å². The van der Waals surface area contributed by atoms with E-state index in [0.717, 1.165) is 49.0 Å².